The molecule has 1 fully saturated rings. The summed E-state index contributed by atoms with van der Waals surface area (Å²) in [5, 5.41) is 8.64. The van der Waals surface area contributed by atoms with Crippen molar-refractivity contribution in [3.8, 4) is 17.6 Å². The summed E-state index contributed by atoms with van der Waals surface area (Å²) < 4.78 is 5.76. The molecule has 0 spiro atoms. The Labute approximate surface area is 121 Å². The second-order valence-corrected chi connectivity index (χ2v) is 5.55. The highest BCUT2D eigenvalue weighted by molar-refractivity contribution is 5.38. The van der Waals surface area contributed by atoms with Gasteiger partial charge in [0.05, 0.1) is 0 Å². The highest BCUT2D eigenvalue weighted by Gasteiger charge is 2.25. The zero-order chi connectivity index (χ0) is 14.4. The number of benzene rings is 1. The van der Waals surface area contributed by atoms with Crippen molar-refractivity contribution >= 4 is 0 Å². The quantitative estimate of drug-likeness (QED) is 0.852. The maximum atomic E-state index is 8.64. The Bertz CT molecular complexity index is 462. The molecule has 1 heterocycles. The van der Waals surface area contributed by atoms with Crippen molar-refractivity contribution in [2.45, 2.75) is 13.8 Å². The summed E-state index contributed by atoms with van der Waals surface area (Å²) in [5.41, 5.74) is 0.897. The third-order valence-electron chi connectivity index (χ3n) is 3.91. The van der Waals surface area contributed by atoms with Gasteiger partial charge in [-0.05, 0) is 36.1 Å². The second-order valence-electron chi connectivity index (χ2n) is 5.55. The molecule has 1 saturated heterocycles. The fraction of sp³-hybridized carbons (Fsp3) is 0.529. The first kappa shape index (κ1) is 14.9. The normalized spacial score (nSPS) is 22.4. The Morgan fingerprint density at radius 3 is 2.45 bits per heavy atom. The molecule has 1 aliphatic rings. The van der Waals surface area contributed by atoms with Gasteiger partial charge in [0.2, 0.25) is 0 Å². The molecule has 1 N–H and O–H groups in total. The summed E-state index contributed by atoms with van der Waals surface area (Å²) >= 11 is 0. The van der Waals surface area contributed by atoms with Crippen LogP contribution in [0.25, 0.3) is 0 Å². The number of aliphatic hydroxyl groups is 1. The smallest absolute Gasteiger partial charge is 0.119 e. The molecule has 2 atom stereocenters. The van der Waals surface area contributed by atoms with Gasteiger partial charge in [0, 0.05) is 25.2 Å². The number of ether oxygens (including phenoxy) is 1. The molecule has 20 heavy (non-hydrogen) atoms. The Morgan fingerprint density at radius 2 is 1.85 bits per heavy atom. The van der Waals surface area contributed by atoms with Crippen LogP contribution in [0.1, 0.15) is 19.4 Å². The largest absolute Gasteiger partial charge is 0.492 e. The first-order chi connectivity index (χ1) is 9.69. The number of hydrogen-bond acceptors (Lipinski definition) is 3. The van der Waals surface area contributed by atoms with Crippen LogP contribution in [0.2, 0.25) is 0 Å². The van der Waals surface area contributed by atoms with E-state index in [1.165, 1.54) is 13.1 Å². The number of rotatable bonds is 4. The first-order valence-corrected chi connectivity index (χ1v) is 7.24. The summed E-state index contributed by atoms with van der Waals surface area (Å²) in [6.45, 7) is 8.60. The van der Waals surface area contributed by atoms with Gasteiger partial charge >= 0.3 is 0 Å². The van der Waals surface area contributed by atoms with Crippen LogP contribution in [0.4, 0.5) is 0 Å². The minimum Gasteiger partial charge on any atom is -0.492 e. The number of hydrogen-bond donors (Lipinski definition) is 1. The van der Waals surface area contributed by atoms with Crippen molar-refractivity contribution in [1.29, 1.82) is 0 Å². The Kier molecular flexibility index (Phi) is 5.46. The van der Waals surface area contributed by atoms with E-state index in [9.17, 15) is 0 Å². The topological polar surface area (TPSA) is 32.7 Å². The molecule has 0 amide bonds. The van der Waals surface area contributed by atoms with E-state index in [0.717, 1.165) is 36.3 Å². The average molecular weight is 273 g/mol. The maximum absolute atomic E-state index is 8.64. The molecule has 0 saturated carbocycles. The van der Waals surface area contributed by atoms with Gasteiger partial charge in [-0.3, -0.25) is 4.90 Å². The van der Waals surface area contributed by atoms with E-state index in [1.54, 1.807) is 0 Å². The summed E-state index contributed by atoms with van der Waals surface area (Å²) in [5.74, 6) is 7.96. The van der Waals surface area contributed by atoms with Crippen molar-refractivity contribution in [3.05, 3.63) is 29.8 Å². The molecule has 0 aromatic heterocycles. The Hall–Kier alpha value is -1.50. The zero-order valence-corrected chi connectivity index (χ0v) is 12.3. The lowest BCUT2D eigenvalue weighted by Gasteiger charge is -2.15. The molecule has 2 unspecified atom stereocenters. The molecule has 2 rings (SSSR count). The lowest BCUT2D eigenvalue weighted by Crippen LogP contribution is -2.26. The highest BCUT2D eigenvalue weighted by Crippen LogP contribution is 2.21. The zero-order valence-electron chi connectivity index (χ0n) is 12.3. The van der Waals surface area contributed by atoms with E-state index in [2.05, 4.69) is 30.6 Å². The standard InChI is InChI=1S/C17H23NO2/c1-14-12-18(13-15(14)2)9-11-20-17-7-5-16(6-8-17)4-3-10-19/h5-8,14-15,19H,9-13H2,1-2H3. The van der Waals surface area contributed by atoms with Gasteiger partial charge in [-0.1, -0.05) is 25.7 Å². The van der Waals surface area contributed by atoms with Crippen molar-refractivity contribution in [2.24, 2.45) is 11.8 Å². The predicted octanol–water partition coefficient (Wildman–Crippen LogP) is 2.00. The van der Waals surface area contributed by atoms with E-state index in [4.69, 9.17) is 9.84 Å². The molecule has 1 aromatic rings. The van der Waals surface area contributed by atoms with E-state index < -0.39 is 0 Å². The van der Waals surface area contributed by atoms with Crippen LogP contribution in [0.5, 0.6) is 5.75 Å². The van der Waals surface area contributed by atoms with E-state index in [-0.39, 0.29) is 6.61 Å². The predicted molar refractivity (Wildman–Crippen MR) is 80.7 cm³/mol. The van der Waals surface area contributed by atoms with E-state index in [0.29, 0.717) is 0 Å². The minimum atomic E-state index is -0.106. The molecule has 1 aliphatic heterocycles. The third kappa shape index (κ3) is 4.26. The van der Waals surface area contributed by atoms with Crippen molar-refractivity contribution in [3.63, 3.8) is 0 Å². The van der Waals surface area contributed by atoms with Gasteiger partial charge in [0.1, 0.15) is 19.0 Å². The summed E-state index contributed by atoms with van der Waals surface area (Å²) in [6, 6.07) is 7.68. The Balaban J connectivity index is 1.74. The highest BCUT2D eigenvalue weighted by atomic mass is 16.5. The van der Waals surface area contributed by atoms with Gasteiger partial charge in [0.25, 0.3) is 0 Å². The molecule has 3 heteroatoms. The number of likely N-dealkylation sites (tertiary alicyclic amines) is 1. The molecular formula is C17H23NO2. The lowest BCUT2D eigenvalue weighted by atomic mass is 10.0. The summed E-state index contributed by atoms with van der Waals surface area (Å²) in [7, 11) is 0. The Morgan fingerprint density at radius 1 is 1.20 bits per heavy atom. The van der Waals surface area contributed by atoms with Crippen LogP contribution in [0.15, 0.2) is 24.3 Å². The monoisotopic (exact) mass is 273 g/mol. The van der Waals surface area contributed by atoms with Crippen LogP contribution in [0.3, 0.4) is 0 Å². The number of nitrogens with zero attached hydrogens (tertiary/aromatic N) is 1. The summed E-state index contributed by atoms with van der Waals surface area (Å²) in [4.78, 5) is 2.47. The van der Waals surface area contributed by atoms with Crippen LogP contribution in [-0.2, 0) is 0 Å². The summed E-state index contributed by atoms with van der Waals surface area (Å²) in [6.07, 6.45) is 0. The molecule has 0 bridgehead atoms. The SMILES string of the molecule is CC1CN(CCOc2ccc(C#CCO)cc2)CC1C. The first-order valence-electron chi connectivity index (χ1n) is 7.24. The molecule has 108 valence electrons. The van der Waals surface area contributed by atoms with Crippen LogP contribution in [-0.4, -0.2) is 42.9 Å². The molecular weight excluding hydrogens is 250 g/mol. The molecule has 1 aromatic carbocycles. The maximum Gasteiger partial charge on any atom is 0.119 e. The van der Waals surface area contributed by atoms with Crippen molar-refractivity contribution in [2.75, 3.05) is 32.8 Å². The van der Waals surface area contributed by atoms with Gasteiger partial charge < -0.3 is 9.84 Å². The third-order valence-corrected chi connectivity index (χ3v) is 3.91. The van der Waals surface area contributed by atoms with Crippen LogP contribution in [0, 0.1) is 23.7 Å². The van der Waals surface area contributed by atoms with Crippen molar-refractivity contribution in [1.82, 2.24) is 4.90 Å². The van der Waals surface area contributed by atoms with Gasteiger partial charge in [0.15, 0.2) is 0 Å². The van der Waals surface area contributed by atoms with E-state index >= 15 is 0 Å². The van der Waals surface area contributed by atoms with Crippen LogP contribution < -0.4 is 4.74 Å². The fourth-order valence-electron chi connectivity index (χ4n) is 2.50. The van der Waals surface area contributed by atoms with Gasteiger partial charge in [-0.15, -0.1) is 0 Å². The fourth-order valence-corrected chi connectivity index (χ4v) is 2.50. The van der Waals surface area contributed by atoms with Gasteiger partial charge in [-0.2, -0.15) is 0 Å². The lowest BCUT2D eigenvalue weighted by molar-refractivity contribution is 0.232. The van der Waals surface area contributed by atoms with Crippen molar-refractivity contribution < 1.29 is 9.84 Å². The molecule has 0 radical (unpaired) electrons. The van der Waals surface area contributed by atoms with E-state index in [1.807, 2.05) is 24.3 Å². The molecule has 0 aliphatic carbocycles. The average Bonchev–Trinajstić information content (AvgIpc) is 2.77. The molecule has 3 nitrogen and oxygen atoms in total. The minimum absolute atomic E-state index is 0.106. The van der Waals surface area contributed by atoms with Gasteiger partial charge in [-0.25, -0.2) is 0 Å². The van der Waals surface area contributed by atoms with Crippen LogP contribution >= 0.6 is 0 Å². The second kappa shape index (κ2) is 7.33. The number of aliphatic hydroxyl groups excluding tert-OH is 1.